The van der Waals surface area contributed by atoms with Gasteiger partial charge in [0.05, 0.1) is 12.5 Å². The van der Waals surface area contributed by atoms with Gasteiger partial charge >= 0.3 is 5.97 Å². The number of ether oxygens (including phenoxy) is 1. The summed E-state index contributed by atoms with van der Waals surface area (Å²) in [6.07, 6.45) is 17.7. The molecule has 0 aromatic heterocycles. The van der Waals surface area contributed by atoms with Gasteiger partial charge < -0.3 is 9.26 Å². The van der Waals surface area contributed by atoms with Crippen LogP contribution in [0.15, 0.2) is 24.3 Å². The molecule has 28 heavy (non-hydrogen) atoms. The van der Waals surface area contributed by atoms with Crippen LogP contribution in [0.25, 0.3) is 0 Å². The van der Waals surface area contributed by atoms with Crippen molar-refractivity contribution in [3.8, 4) is 5.75 Å². The summed E-state index contributed by atoms with van der Waals surface area (Å²) >= 11 is 0. The smallest absolute Gasteiger partial charge is 0.313 e. The Hall–Kier alpha value is -0.920. The fourth-order valence-corrected chi connectivity index (χ4v) is 3.45. The zero-order valence-electron chi connectivity index (χ0n) is 18.1. The molecule has 1 rings (SSSR count). The first-order chi connectivity index (χ1) is 13.7. The predicted octanol–water partition coefficient (Wildman–Crippen LogP) is 7.42. The molecule has 0 saturated carbocycles. The highest BCUT2D eigenvalue weighted by Gasteiger charge is 2.10. The van der Waals surface area contributed by atoms with Crippen LogP contribution >= 0.6 is 9.47 Å². The van der Waals surface area contributed by atoms with E-state index in [0.717, 1.165) is 6.42 Å². The Bertz CT molecular complexity index is 501. The first-order valence-electron chi connectivity index (χ1n) is 11.3. The summed E-state index contributed by atoms with van der Waals surface area (Å²) in [6.45, 7) is 4.11. The van der Waals surface area contributed by atoms with Crippen molar-refractivity contribution in [1.29, 1.82) is 0 Å². The number of aryl methyl sites for hydroxylation is 1. The molecule has 0 N–H and O–H groups in total. The van der Waals surface area contributed by atoms with Gasteiger partial charge in [-0.1, -0.05) is 89.7 Å². The number of unbranched alkanes of at least 4 members (excludes halogenated alkanes) is 11. The summed E-state index contributed by atoms with van der Waals surface area (Å²) in [5.74, 6) is 0.350. The van der Waals surface area contributed by atoms with Gasteiger partial charge in [-0.3, -0.25) is 4.79 Å². The SMILES string of the molecule is CCCCCCCCCCCCCCc1ccc(OC(=O)CC(C)OP)cc1. The molecule has 0 amide bonds. The zero-order valence-corrected chi connectivity index (χ0v) is 19.2. The molecule has 0 fully saturated rings. The lowest BCUT2D eigenvalue weighted by atomic mass is 10.0. The van der Waals surface area contributed by atoms with Crippen molar-refractivity contribution in [3.63, 3.8) is 0 Å². The summed E-state index contributed by atoms with van der Waals surface area (Å²) in [4.78, 5) is 11.8. The Morgan fingerprint density at radius 3 is 1.86 bits per heavy atom. The summed E-state index contributed by atoms with van der Waals surface area (Å²) in [7, 11) is 2.17. The molecule has 0 aliphatic rings. The molecule has 2 atom stereocenters. The van der Waals surface area contributed by atoms with Crippen molar-refractivity contribution >= 4 is 15.4 Å². The van der Waals surface area contributed by atoms with Crippen LogP contribution in [-0.2, 0) is 15.7 Å². The van der Waals surface area contributed by atoms with Gasteiger partial charge in [-0.2, -0.15) is 0 Å². The third kappa shape index (κ3) is 13.3. The Morgan fingerprint density at radius 1 is 0.857 bits per heavy atom. The van der Waals surface area contributed by atoms with Gasteiger partial charge in [0.2, 0.25) is 0 Å². The van der Waals surface area contributed by atoms with Crippen molar-refractivity contribution in [2.24, 2.45) is 0 Å². The average molecular weight is 409 g/mol. The summed E-state index contributed by atoms with van der Waals surface area (Å²) in [5.41, 5.74) is 1.31. The van der Waals surface area contributed by atoms with E-state index < -0.39 is 0 Å². The first-order valence-corrected chi connectivity index (χ1v) is 11.8. The molecule has 0 aliphatic carbocycles. The van der Waals surface area contributed by atoms with E-state index in [1.807, 2.05) is 19.1 Å². The van der Waals surface area contributed by atoms with Crippen LogP contribution in [0.4, 0.5) is 0 Å². The largest absolute Gasteiger partial charge is 0.426 e. The number of hydrogen-bond donors (Lipinski definition) is 0. The van der Waals surface area contributed by atoms with E-state index in [1.54, 1.807) is 0 Å². The second-order valence-electron chi connectivity index (χ2n) is 7.91. The lowest BCUT2D eigenvalue weighted by molar-refractivity contribution is -0.135. The Morgan fingerprint density at radius 2 is 1.36 bits per heavy atom. The van der Waals surface area contributed by atoms with Crippen LogP contribution in [0.1, 0.15) is 103 Å². The van der Waals surface area contributed by atoms with Crippen molar-refractivity contribution in [1.82, 2.24) is 0 Å². The molecule has 0 aliphatic heterocycles. The van der Waals surface area contributed by atoms with Crippen molar-refractivity contribution < 1.29 is 14.1 Å². The number of carbonyl (C=O) groups excluding carboxylic acids is 1. The molecule has 0 heterocycles. The zero-order chi connectivity index (χ0) is 20.5. The molecule has 0 saturated heterocycles. The standard InChI is InChI=1S/C24H41O3P/c1-3-4-5-6-7-8-9-10-11-12-13-14-15-22-16-18-23(19-17-22)26-24(25)20-21(2)27-28/h16-19,21H,3-15,20,28H2,1-2H3. The molecule has 1 aromatic carbocycles. The fourth-order valence-electron chi connectivity index (χ4n) is 3.35. The quantitative estimate of drug-likeness (QED) is 0.116. The molecule has 160 valence electrons. The topological polar surface area (TPSA) is 35.5 Å². The molecule has 0 spiro atoms. The highest BCUT2D eigenvalue weighted by Crippen LogP contribution is 2.17. The number of benzene rings is 1. The highest BCUT2D eigenvalue weighted by molar-refractivity contribution is 7.09. The lowest BCUT2D eigenvalue weighted by Crippen LogP contribution is -2.15. The van der Waals surface area contributed by atoms with Gasteiger partial charge in [0.1, 0.15) is 5.75 Å². The molecule has 1 aromatic rings. The molecule has 0 bridgehead atoms. The Labute approximate surface area is 175 Å². The van der Waals surface area contributed by atoms with Gasteiger partial charge in [0.15, 0.2) is 0 Å². The second-order valence-corrected chi connectivity index (χ2v) is 8.18. The molecular formula is C24H41O3P. The van der Waals surface area contributed by atoms with Gasteiger partial charge in [-0.15, -0.1) is 0 Å². The summed E-state index contributed by atoms with van der Waals surface area (Å²) in [6, 6.07) is 7.91. The average Bonchev–Trinajstić information content (AvgIpc) is 2.69. The van der Waals surface area contributed by atoms with Crippen LogP contribution in [-0.4, -0.2) is 12.1 Å². The Kier molecular flexibility index (Phi) is 15.2. The van der Waals surface area contributed by atoms with E-state index in [2.05, 4.69) is 28.5 Å². The number of rotatable bonds is 17. The molecule has 3 nitrogen and oxygen atoms in total. The third-order valence-electron chi connectivity index (χ3n) is 5.16. The Balaban J connectivity index is 2.02. The first kappa shape index (κ1) is 25.1. The summed E-state index contributed by atoms with van der Waals surface area (Å²) < 4.78 is 10.3. The van der Waals surface area contributed by atoms with E-state index in [4.69, 9.17) is 9.26 Å². The fraction of sp³-hybridized carbons (Fsp3) is 0.708. The molecule has 0 radical (unpaired) electrons. The summed E-state index contributed by atoms with van der Waals surface area (Å²) in [5, 5.41) is 0. The van der Waals surface area contributed by atoms with Crippen LogP contribution in [0.3, 0.4) is 0 Å². The minimum atomic E-state index is -0.261. The normalized spacial score (nSPS) is 12.1. The van der Waals surface area contributed by atoms with Crippen LogP contribution in [0.2, 0.25) is 0 Å². The number of carbonyl (C=O) groups is 1. The van der Waals surface area contributed by atoms with E-state index in [0.29, 0.717) is 5.75 Å². The molecule has 4 heteroatoms. The maximum Gasteiger partial charge on any atom is 0.313 e. The van der Waals surface area contributed by atoms with E-state index in [9.17, 15) is 4.79 Å². The highest BCUT2D eigenvalue weighted by atomic mass is 31.0. The predicted molar refractivity (Wildman–Crippen MR) is 122 cm³/mol. The van der Waals surface area contributed by atoms with Gasteiger partial charge in [-0.05, 0) is 37.5 Å². The molecule has 2 unspecified atom stereocenters. The van der Waals surface area contributed by atoms with Gasteiger partial charge in [0, 0.05) is 9.47 Å². The minimum Gasteiger partial charge on any atom is -0.426 e. The van der Waals surface area contributed by atoms with E-state index in [1.165, 1.54) is 82.6 Å². The van der Waals surface area contributed by atoms with Crippen molar-refractivity contribution in [2.75, 3.05) is 0 Å². The monoisotopic (exact) mass is 408 g/mol. The number of esters is 1. The maximum absolute atomic E-state index is 11.8. The van der Waals surface area contributed by atoms with E-state index >= 15 is 0 Å². The number of hydrogen-bond acceptors (Lipinski definition) is 3. The van der Waals surface area contributed by atoms with Crippen LogP contribution in [0.5, 0.6) is 5.75 Å². The lowest BCUT2D eigenvalue weighted by Gasteiger charge is -2.09. The second kappa shape index (κ2) is 17.0. The third-order valence-corrected chi connectivity index (χ3v) is 5.63. The van der Waals surface area contributed by atoms with Gasteiger partial charge in [0.25, 0.3) is 0 Å². The van der Waals surface area contributed by atoms with Crippen LogP contribution < -0.4 is 4.74 Å². The maximum atomic E-state index is 11.8. The van der Waals surface area contributed by atoms with Crippen molar-refractivity contribution in [3.05, 3.63) is 29.8 Å². The van der Waals surface area contributed by atoms with Crippen LogP contribution in [0, 0.1) is 0 Å². The van der Waals surface area contributed by atoms with Crippen molar-refractivity contribution in [2.45, 2.75) is 110 Å². The van der Waals surface area contributed by atoms with Gasteiger partial charge in [-0.25, -0.2) is 0 Å². The van der Waals surface area contributed by atoms with E-state index in [-0.39, 0.29) is 18.5 Å². The molecular weight excluding hydrogens is 367 g/mol. The minimum absolute atomic E-state index is 0.150.